The van der Waals surface area contributed by atoms with E-state index in [1.54, 1.807) is 68.0 Å². The third kappa shape index (κ3) is 3.66. The van der Waals surface area contributed by atoms with Crippen LogP contribution in [0.15, 0.2) is 73.1 Å². The van der Waals surface area contributed by atoms with Crippen molar-refractivity contribution >= 4 is 29.0 Å². The van der Waals surface area contributed by atoms with Crippen molar-refractivity contribution in [3.8, 4) is 17.0 Å². The summed E-state index contributed by atoms with van der Waals surface area (Å²) in [4.78, 5) is 29.6. The molecule has 8 nitrogen and oxygen atoms in total. The zero-order chi connectivity index (χ0) is 21.3. The standard InChI is InChI=1S/C22H18N4O4/c1-25(17-7-9-18(27)10-8-17)21(28)15-4-11-20-23-12-19(26(20)13-15)14-2-5-16(6-3-14)24-22(29)30/h2-13,24,27H,1H3,(H,29,30). The molecule has 0 aliphatic carbocycles. The molecule has 0 saturated heterocycles. The molecular weight excluding hydrogens is 384 g/mol. The highest BCUT2D eigenvalue weighted by molar-refractivity contribution is 6.05. The minimum Gasteiger partial charge on any atom is -0.508 e. The second kappa shape index (κ2) is 7.59. The van der Waals surface area contributed by atoms with Crippen LogP contribution < -0.4 is 10.2 Å². The van der Waals surface area contributed by atoms with E-state index in [4.69, 9.17) is 5.11 Å². The van der Waals surface area contributed by atoms with Gasteiger partial charge in [0.15, 0.2) is 0 Å². The number of nitrogens with zero attached hydrogens (tertiary/aromatic N) is 3. The van der Waals surface area contributed by atoms with E-state index in [2.05, 4.69) is 10.3 Å². The average molecular weight is 402 g/mol. The van der Waals surface area contributed by atoms with Gasteiger partial charge in [0.25, 0.3) is 5.91 Å². The second-order valence-electron chi connectivity index (χ2n) is 6.68. The lowest BCUT2D eigenvalue weighted by molar-refractivity contribution is 0.0992. The van der Waals surface area contributed by atoms with Gasteiger partial charge in [-0.2, -0.15) is 0 Å². The van der Waals surface area contributed by atoms with E-state index in [9.17, 15) is 14.7 Å². The summed E-state index contributed by atoms with van der Waals surface area (Å²) in [6, 6.07) is 16.8. The smallest absolute Gasteiger partial charge is 0.409 e. The number of hydrogen-bond acceptors (Lipinski definition) is 4. The molecule has 0 saturated carbocycles. The number of nitrogens with one attached hydrogen (secondary N) is 1. The number of carboxylic acid groups (broad SMARTS) is 1. The van der Waals surface area contributed by atoms with Gasteiger partial charge < -0.3 is 15.1 Å². The topological polar surface area (TPSA) is 107 Å². The second-order valence-corrected chi connectivity index (χ2v) is 6.68. The molecule has 2 amide bonds. The molecule has 0 fully saturated rings. The molecule has 8 heteroatoms. The minimum absolute atomic E-state index is 0.133. The molecule has 4 rings (SSSR count). The van der Waals surface area contributed by atoms with Gasteiger partial charge in [-0.05, 0) is 48.5 Å². The van der Waals surface area contributed by atoms with Gasteiger partial charge in [0, 0.05) is 30.2 Å². The van der Waals surface area contributed by atoms with E-state index in [0.29, 0.717) is 22.6 Å². The average Bonchev–Trinajstić information content (AvgIpc) is 3.16. The first-order chi connectivity index (χ1) is 14.4. The molecule has 0 radical (unpaired) electrons. The van der Waals surface area contributed by atoms with E-state index in [-0.39, 0.29) is 11.7 Å². The summed E-state index contributed by atoms with van der Waals surface area (Å²) in [6.45, 7) is 0. The first-order valence-corrected chi connectivity index (χ1v) is 9.07. The van der Waals surface area contributed by atoms with E-state index >= 15 is 0 Å². The highest BCUT2D eigenvalue weighted by atomic mass is 16.4. The van der Waals surface area contributed by atoms with Crippen LogP contribution in [-0.2, 0) is 0 Å². The molecule has 4 aromatic rings. The number of aromatic nitrogens is 2. The van der Waals surface area contributed by atoms with Gasteiger partial charge in [-0.1, -0.05) is 12.1 Å². The van der Waals surface area contributed by atoms with Crippen molar-refractivity contribution in [3.05, 3.63) is 78.6 Å². The number of pyridine rings is 1. The van der Waals surface area contributed by atoms with Crippen molar-refractivity contribution in [2.45, 2.75) is 0 Å². The Morgan fingerprint density at radius 1 is 1.00 bits per heavy atom. The summed E-state index contributed by atoms with van der Waals surface area (Å²) in [5, 5.41) is 20.6. The van der Waals surface area contributed by atoms with Crippen molar-refractivity contribution in [3.63, 3.8) is 0 Å². The lowest BCUT2D eigenvalue weighted by atomic mass is 10.1. The molecule has 0 aliphatic heterocycles. The Labute approximate surface area is 171 Å². The Morgan fingerprint density at radius 2 is 1.70 bits per heavy atom. The van der Waals surface area contributed by atoms with E-state index < -0.39 is 6.09 Å². The summed E-state index contributed by atoms with van der Waals surface area (Å²) >= 11 is 0. The third-order valence-electron chi connectivity index (χ3n) is 4.73. The van der Waals surface area contributed by atoms with Crippen LogP contribution in [0.2, 0.25) is 0 Å². The first kappa shape index (κ1) is 19.0. The number of carbonyl (C=O) groups excluding carboxylic acids is 1. The normalized spacial score (nSPS) is 10.7. The van der Waals surface area contributed by atoms with Crippen LogP contribution in [0.5, 0.6) is 5.75 Å². The number of carbonyl (C=O) groups is 2. The molecular formula is C22H18N4O4. The van der Waals surface area contributed by atoms with Crippen LogP contribution in [0.25, 0.3) is 16.9 Å². The molecule has 150 valence electrons. The van der Waals surface area contributed by atoms with E-state index in [1.807, 2.05) is 4.40 Å². The van der Waals surface area contributed by atoms with Gasteiger partial charge in [0.2, 0.25) is 0 Å². The maximum Gasteiger partial charge on any atom is 0.409 e. The van der Waals surface area contributed by atoms with Crippen molar-refractivity contribution in [2.75, 3.05) is 17.3 Å². The Bertz CT molecular complexity index is 1230. The summed E-state index contributed by atoms with van der Waals surface area (Å²) in [5.41, 5.74) is 3.88. The molecule has 0 bridgehead atoms. The number of amides is 2. The van der Waals surface area contributed by atoms with E-state index in [0.717, 1.165) is 11.3 Å². The van der Waals surface area contributed by atoms with Crippen LogP contribution in [0.3, 0.4) is 0 Å². The maximum atomic E-state index is 13.0. The number of hydrogen-bond donors (Lipinski definition) is 3. The Balaban J connectivity index is 1.66. The third-order valence-corrected chi connectivity index (χ3v) is 4.73. The van der Waals surface area contributed by atoms with Crippen molar-refractivity contribution in [2.24, 2.45) is 0 Å². The van der Waals surface area contributed by atoms with Crippen LogP contribution in [-0.4, -0.2) is 38.6 Å². The fraction of sp³-hybridized carbons (Fsp3) is 0.0455. The van der Waals surface area contributed by atoms with Gasteiger partial charge in [0.1, 0.15) is 11.4 Å². The Hall–Kier alpha value is -4.33. The number of phenols is 1. The van der Waals surface area contributed by atoms with Gasteiger partial charge in [-0.3, -0.25) is 14.5 Å². The van der Waals surface area contributed by atoms with Crippen LogP contribution in [0.1, 0.15) is 10.4 Å². The van der Waals surface area contributed by atoms with Crippen LogP contribution in [0.4, 0.5) is 16.2 Å². The number of aromatic hydroxyl groups is 1. The minimum atomic E-state index is -1.13. The number of benzene rings is 2. The maximum absolute atomic E-state index is 13.0. The van der Waals surface area contributed by atoms with Crippen LogP contribution in [0, 0.1) is 0 Å². The Kier molecular flexibility index (Phi) is 4.81. The SMILES string of the molecule is CN(C(=O)c1ccc2ncc(-c3ccc(NC(=O)O)cc3)n2c1)c1ccc(O)cc1. The summed E-state index contributed by atoms with van der Waals surface area (Å²) in [6.07, 6.45) is 2.30. The quantitative estimate of drug-likeness (QED) is 0.477. The van der Waals surface area contributed by atoms with Gasteiger partial charge in [-0.25, -0.2) is 9.78 Å². The number of phenolic OH excluding ortho intramolecular Hbond substituents is 1. The van der Waals surface area contributed by atoms with Crippen molar-refractivity contribution in [1.82, 2.24) is 9.38 Å². The number of imidazole rings is 1. The zero-order valence-electron chi connectivity index (χ0n) is 16.0. The lowest BCUT2D eigenvalue weighted by Gasteiger charge is -2.17. The fourth-order valence-corrected chi connectivity index (χ4v) is 3.16. The number of fused-ring (bicyclic) bond motifs is 1. The zero-order valence-corrected chi connectivity index (χ0v) is 16.0. The fourth-order valence-electron chi connectivity index (χ4n) is 3.16. The first-order valence-electron chi connectivity index (χ1n) is 9.07. The summed E-state index contributed by atoms with van der Waals surface area (Å²) < 4.78 is 1.82. The molecule has 0 aliphatic rings. The largest absolute Gasteiger partial charge is 0.508 e. The van der Waals surface area contributed by atoms with Gasteiger partial charge >= 0.3 is 6.09 Å². The van der Waals surface area contributed by atoms with Crippen molar-refractivity contribution in [1.29, 1.82) is 0 Å². The summed E-state index contributed by atoms with van der Waals surface area (Å²) in [5.74, 6) is -0.0723. The molecule has 2 aromatic carbocycles. The lowest BCUT2D eigenvalue weighted by Crippen LogP contribution is -2.26. The number of anilines is 2. The Morgan fingerprint density at radius 3 is 2.37 bits per heavy atom. The van der Waals surface area contributed by atoms with Crippen LogP contribution >= 0.6 is 0 Å². The van der Waals surface area contributed by atoms with Gasteiger partial charge in [-0.15, -0.1) is 0 Å². The molecule has 2 aromatic heterocycles. The molecule has 30 heavy (non-hydrogen) atoms. The van der Waals surface area contributed by atoms with Gasteiger partial charge in [0.05, 0.1) is 17.5 Å². The molecule has 0 spiro atoms. The molecule has 2 heterocycles. The molecule has 3 N–H and O–H groups in total. The number of rotatable bonds is 4. The molecule has 0 unspecified atom stereocenters. The predicted octanol–water partition coefficient (Wildman–Crippen LogP) is 4.07. The summed E-state index contributed by atoms with van der Waals surface area (Å²) in [7, 11) is 1.67. The predicted molar refractivity (Wildman–Crippen MR) is 113 cm³/mol. The monoisotopic (exact) mass is 402 g/mol. The highest BCUT2D eigenvalue weighted by Crippen LogP contribution is 2.24. The van der Waals surface area contributed by atoms with Crippen molar-refractivity contribution < 1.29 is 19.8 Å². The van der Waals surface area contributed by atoms with E-state index in [1.165, 1.54) is 17.0 Å². The molecule has 0 atom stereocenters. The highest BCUT2D eigenvalue weighted by Gasteiger charge is 2.16.